The Morgan fingerprint density at radius 2 is 1.45 bits per heavy atom. The predicted molar refractivity (Wildman–Crippen MR) is 114 cm³/mol. The number of halogens is 1. The normalized spacial score (nSPS) is 10.3. The van der Waals surface area contributed by atoms with Gasteiger partial charge in [0, 0.05) is 16.6 Å². The third-order valence-electron chi connectivity index (χ3n) is 4.41. The first kappa shape index (κ1) is 22.7. The third kappa shape index (κ3) is 5.47. The Labute approximate surface area is 179 Å². The average molecular weight is 468 g/mol. The Morgan fingerprint density at radius 3 is 2.03 bits per heavy atom. The monoisotopic (exact) mass is 467 g/mol. The minimum Gasteiger partial charge on any atom is -0.493 e. The fourth-order valence-corrected chi connectivity index (χ4v) is 3.48. The fourth-order valence-electron chi connectivity index (χ4n) is 2.96. The molecule has 158 valence electrons. The first-order valence-electron chi connectivity index (χ1n) is 8.93. The molecule has 0 bridgehead atoms. The van der Waals surface area contributed by atoms with Crippen molar-refractivity contribution in [1.29, 1.82) is 0 Å². The van der Waals surface area contributed by atoms with Crippen LogP contribution in [0.2, 0.25) is 0 Å². The van der Waals surface area contributed by atoms with Crippen molar-refractivity contribution >= 4 is 21.8 Å². The molecule has 0 radical (unpaired) electrons. The lowest BCUT2D eigenvalue weighted by Crippen LogP contribution is -2.27. The van der Waals surface area contributed by atoms with Gasteiger partial charge in [0.15, 0.2) is 23.0 Å². The maximum atomic E-state index is 12.4. The number of hydrogen-bond donors (Lipinski definition) is 1. The summed E-state index contributed by atoms with van der Waals surface area (Å²) in [4.78, 5) is 12.4. The SMILES string of the molecule is COc1cc(Br)c(CCNC(=O)Cc2ccc(OC)c(OC)c2OC)cc1OC. The molecule has 2 aromatic rings. The summed E-state index contributed by atoms with van der Waals surface area (Å²) in [5.41, 5.74) is 1.72. The van der Waals surface area contributed by atoms with Gasteiger partial charge in [-0.1, -0.05) is 22.0 Å². The molecule has 7 nitrogen and oxygen atoms in total. The number of amides is 1. The second kappa shape index (κ2) is 10.8. The van der Waals surface area contributed by atoms with Crippen molar-refractivity contribution in [3.63, 3.8) is 0 Å². The van der Waals surface area contributed by atoms with E-state index in [1.54, 1.807) is 33.5 Å². The summed E-state index contributed by atoms with van der Waals surface area (Å²) in [6.07, 6.45) is 0.798. The number of nitrogens with one attached hydrogen (secondary N) is 1. The maximum Gasteiger partial charge on any atom is 0.224 e. The molecule has 2 aromatic carbocycles. The van der Waals surface area contributed by atoms with Crippen LogP contribution in [0.4, 0.5) is 0 Å². The van der Waals surface area contributed by atoms with Crippen molar-refractivity contribution in [2.45, 2.75) is 12.8 Å². The van der Waals surface area contributed by atoms with E-state index in [1.807, 2.05) is 12.1 Å². The molecule has 1 N–H and O–H groups in total. The molecule has 0 atom stereocenters. The lowest BCUT2D eigenvalue weighted by Gasteiger charge is -2.16. The highest BCUT2D eigenvalue weighted by molar-refractivity contribution is 9.10. The number of hydrogen-bond acceptors (Lipinski definition) is 6. The van der Waals surface area contributed by atoms with Crippen LogP contribution in [0.5, 0.6) is 28.7 Å². The average Bonchev–Trinajstić information content (AvgIpc) is 2.73. The van der Waals surface area contributed by atoms with Gasteiger partial charge in [-0.05, 0) is 30.2 Å². The van der Waals surface area contributed by atoms with Crippen LogP contribution in [0.25, 0.3) is 0 Å². The minimum absolute atomic E-state index is 0.118. The largest absolute Gasteiger partial charge is 0.493 e. The Hall–Kier alpha value is -2.61. The third-order valence-corrected chi connectivity index (χ3v) is 5.14. The molecule has 0 aliphatic carbocycles. The van der Waals surface area contributed by atoms with E-state index in [2.05, 4.69) is 21.2 Å². The van der Waals surface area contributed by atoms with Crippen LogP contribution in [0.15, 0.2) is 28.7 Å². The summed E-state index contributed by atoms with van der Waals surface area (Å²) < 4.78 is 27.6. The van der Waals surface area contributed by atoms with E-state index in [4.69, 9.17) is 23.7 Å². The zero-order valence-electron chi connectivity index (χ0n) is 17.3. The van der Waals surface area contributed by atoms with Gasteiger partial charge in [0.1, 0.15) is 0 Å². The molecule has 0 aliphatic heterocycles. The number of ether oxygens (including phenoxy) is 5. The topological polar surface area (TPSA) is 75.3 Å². The summed E-state index contributed by atoms with van der Waals surface area (Å²) in [6.45, 7) is 0.475. The van der Waals surface area contributed by atoms with Crippen molar-refractivity contribution in [2.24, 2.45) is 0 Å². The first-order valence-corrected chi connectivity index (χ1v) is 9.73. The van der Waals surface area contributed by atoms with Gasteiger partial charge >= 0.3 is 0 Å². The lowest BCUT2D eigenvalue weighted by atomic mass is 10.1. The number of rotatable bonds is 10. The van der Waals surface area contributed by atoms with E-state index in [9.17, 15) is 4.79 Å². The highest BCUT2D eigenvalue weighted by Gasteiger charge is 2.18. The first-order chi connectivity index (χ1) is 14.0. The van der Waals surface area contributed by atoms with Gasteiger partial charge in [-0.25, -0.2) is 0 Å². The Bertz CT molecular complexity index is 856. The van der Waals surface area contributed by atoms with Crippen molar-refractivity contribution in [3.8, 4) is 28.7 Å². The van der Waals surface area contributed by atoms with E-state index in [0.717, 1.165) is 15.6 Å². The lowest BCUT2D eigenvalue weighted by molar-refractivity contribution is -0.120. The van der Waals surface area contributed by atoms with E-state index < -0.39 is 0 Å². The zero-order chi connectivity index (χ0) is 21.4. The number of carbonyl (C=O) groups excluding carboxylic acids is 1. The summed E-state index contributed by atoms with van der Waals surface area (Å²) in [6, 6.07) is 7.30. The van der Waals surface area contributed by atoms with Crippen molar-refractivity contribution < 1.29 is 28.5 Å². The van der Waals surface area contributed by atoms with E-state index in [0.29, 0.717) is 41.7 Å². The van der Waals surface area contributed by atoms with Crippen molar-refractivity contribution in [1.82, 2.24) is 5.32 Å². The molecule has 8 heteroatoms. The second-order valence-corrected chi connectivity index (χ2v) is 6.92. The van der Waals surface area contributed by atoms with Crippen molar-refractivity contribution in [3.05, 3.63) is 39.9 Å². The summed E-state index contributed by atoms with van der Waals surface area (Å²) >= 11 is 3.53. The van der Waals surface area contributed by atoms with Gasteiger partial charge in [-0.2, -0.15) is 0 Å². The molecular weight excluding hydrogens is 442 g/mol. The molecule has 0 unspecified atom stereocenters. The Morgan fingerprint density at radius 1 is 0.828 bits per heavy atom. The van der Waals surface area contributed by atoms with Crippen LogP contribution in [0.3, 0.4) is 0 Å². The second-order valence-electron chi connectivity index (χ2n) is 6.07. The molecule has 2 rings (SSSR count). The van der Waals surface area contributed by atoms with Crippen LogP contribution in [-0.4, -0.2) is 48.0 Å². The number of benzene rings is 2. The van der Waals surface area contributed by atoms with Crippen LogP contribution >= 0.6 is 15.9 Å². The van der Waals surface area contributed by atoms with Crippen LogP contribution in [0.1, 0.15) is 11.1 Å². The highest BCUT2D eigenvalue weighted by atomic mass is 79.9. The number of carbonyl (C=O) groups is 1. The van der Waals surface area contributed by atoms with Gasteiger partial charge in [0.25, 0.3) is 0 Å². The van der Waals surface area contributed by atoms with Crippen LogP contribution in [0, 0.1) is 0 Å². The molecular formula is C21H26BrNO6. The highest BCUT2D eigenvalue weighted by Crippen LogP contribution is 2.40. The molecule has 1 amide bonds. The smallest absolute Gasteiger partial charge is 0.224 e. The molecule has 0 saturated carbocycles. The zero-order valence-corrected chi connectivity index (χ0v) is 18.8. The Balaban J connectivity index is 2.03. The molecule has 0 fully saturated rings. The molecule has 0 heterocycles. The van der Waals surface area contributed by atoms with Gasteiger partial charge in [0.2, 0.25) is 11.7 Å². The van der Waals surface area contributed by atoms with E-state index in [1.165, 1.54) is 14.2 Å². The van der Waals surface area contributed by atoms with Crippen molar-refractivity contribution in [2.75, 3.05) is 42.1 Å². The summed E-state index contributed by atoms with van der Waals surface area (Å²) in [5, 5.41) is 2.93. The number of methoxy groups -OCH3 is 5. The molecule has 0 spiro atoms. The fraction of sp³-hybridized carbons (Fsp3) is 0.381. The van der Waals surface area contributed by atoms with Gasteiger partial charge < -0.3 is 29.0 Å². The molecule has 0 saturated heterocycles. The Kier molecular flexibility index (Phi) is 8.45. The van der Waals surface area contributed by atoms with E-state index in [-0.39, 0.29) is 12.3 Å². The van der Waals surface area contributed by atoms with Gasteiger partial charge in [0.05, 0.1) is 42.0 Å². The van der Waals surface area contributed by atoms with Gasteiger partial charge in [-0.15, -0.1) is 0 Å². The predicted octanol–water partition coefficient (Wildman–Crippen LogP) is 3.39. The molecule has 0 aromatic heterocycles. The summed E-state index contributed by atoms with van der Waals surface area (Å²) in [7, 11) is 7.80. The van der Waals surface area contributed by atoms with Crippen LogP contribution < -0.4 is 29.0 Å². The van der Waals surface area contributed by atoms with E-state index >= 15 is 0 Å². The minimum atomic E-state index is -0.118. The summed E-state index contributed by atoms with van der Waals surface area (Å²) in [5.74, 6) is 2.68. The molecule has 29 heavy (non-hydrogen) atoms. The van der Waals surface area contributed by atoms with Crippen LogP contribution in [-0.2, 0) is 17.6 Å². The standard InChI is InChI=1S/C21H26BrNO6/c1-25-16-7-6-14(20(28-4)21(16)29-5)11-19(24)23-9-8-13-10-17(26-2)18(27-3)12-15(13)22/h6-7,10,12H,8-9,11H2,1-5H3,(H,23,24). The quantitative estimate of drug-likeness (QED) is 0.576. The van der Waals surface area contributed by atoms with Gasteiger partial charge in [-0.3, -0.25) is 4.79 Å². The molecule has 0 aliphatic rings. The maximum absolute atomic E-state index is 12.4.